The zero-order valence-corrected chi connectivity index (χ0v) is 12.5. The maximum absolute atomic E-state index is 5.52. The summed E-state index contributed by atoms with van der Waals surface area (Å²) in [4.78, 5) is 0. The van der Waals surface area contributed by atoms with Crippen LogP contribution in [0.25, 0.3) is 0 Å². The third-order valence-electron chi connectivity index (χ3n) is 3.42. The number of rotatable bonds is 4. The van der Waals surface area contributed by atoms with Crippen LogP contribution in [0.3, 0.4) is 0 Å². The van der Waals surface area contributed by atoms with Crippen molar-refractivity contribution in [3.05, 3.63) is 17.7 Å². The molecule has 0 saturated carbocycles. The van der Waals surface area contributed by atoms with E-state index in [0.29, 0.717) is 17.5 Å². The van der Waals surface area contributed by atoms with Crippen molar-refractivity contribution in [1.29, 1.82) is 0 Å². The smallest absolute Gasteiger partial charge is 0.203 e. The molecular weight excluding hydrogens is 266 g/mol. The molecule has 0 aliphatic carbocycles. The summed E-state index contributed by atoms with van der Waals surface area (Å²) in [7, 11) is 4.94. The largest absolute Gasteiger partial charge is 0.493 e. The summed E-state index contributed by atoms with van der Waals surface area (Å²) in [6.07, 6.45) is 3.62. The van der Waals surface area contributed by atoms with E-state index in [4.69, 9.17) is 14.2 Å². The Kier molecular flexibility index (Phi) is 6.25. The summed E-state index contributed by atoms with van der Waals surface area (Å²) in [5, 5.41) is 3.52. The summed E-state index contributed by atoms with van der Waals surface area (Å²) >= 11 is 0. The van der Waals surface area contributed by atoms with Crippen molar-refractivity contribution in [2.45, 2.75) is 25.3 Å². The third kappa shape index (κ3) is 3.25. The molecule has 19 heavy (non-hydrogen) atoms. The summed E-state index contributed by atoms with van der Waals surface area (Å²) in [6.45, 7) is 1.06. The molecule has 5 heteroatoms. The molecule has 1 saturated heterocycles. The number of halogens is 1. The second kappa shape index (κ2) is 7.46. The minimum atomic E-state index is 0. The average Bonchev–Trinajstić information content (AvgIpc) is 2.46. The topological polar surface area (TPSA) is 39.7 Å². The van der Waals surface area contributed by atoms with Gasteiger partial charge in [-0.2, -0.15) is 0 Å². The molecule has 0 amide bonds. The quantitative estimate of drug-likeness (QED) is 0.924. The normalized spacial score (nSPS) is 18.4. The predicted octanol–water partition coefficient (Wildman–Crippen LogP) is 2.95. The molecule has 1 fully saturated rings. The van der Waals surface area contributed by atoms with Crippen molar-refractivity contribution >= 4 is 12.4 Å². The van der Waals surface area contributed by atoms with Gasteiger partial charge in [-0.1, -0.05) is 6.42 Å². The van der Waals surface area contributed by atoms with E-state index in [9.17, 15) is 0 Å². The van der Waals surface area contributed by atoms with Gasteiger partial charge in [0.05, 0.1) is 21.3 Å². The summed E-state index contributed by atoms with van der Waals surface area (Å²) in [6, 6.07) is 4.34. The first-order valence-corrected chi connectivity index (χ1v) is 6.34. The van der Waals surface area contributed by atoms with E-state index in [0.717, 1.165) is 24.3 Å². The van der Waals surface area contributed by atoms with E-state index in [-0.39, 0.29) is 12.4 Å². The predicted molar refractivity (Wildman–Crippen MR) is 77.9 cm³/mol. The lowest BCUT2D eigenvalue weighted by Crippen LogP contribution is -2.27. The van der Waals surface area contributed by atoms with Crippen LogP contribution < -0.4 is 19.5 Å². The highest BCUT2D eigenvalue weighted by molar-refractivity contribution is 5.85. The summed E-state index contributed by atoms with van der Waals surface area (Å²) < 4.78 is 16.2. The monoisotopic (exact) mass is 287 g/mol. The molecule has 1 aromatic rings. The van der Waals surface area contributed by atoms with Crippen molar-refractivity contribution in [3.63, 3.8) is 0 Å². The van der Waals surface area contributed by atoms with Crippen LogP contribution in [0.2, 0.25) is 0 Å². The van der Waals surface area contributed by atoms with Gasteiger partial charge in [-0.3, -0.25) is 0 Å². The molecule has 1 atom stereocenters. The average molecular weight is 288 g/mol. The van der Waals surface area contributed by atoms with Crippen molar-refractivity contribution in [1.82, 2.24) is 5.32 Å². The Balaban J connectivity index is 0.00000180. The number of methoxy groups -OCH3 is 3. The Morgan fingerprint density at radius 3 is 2.26 bits per heavy atom. The summed E-state index contributed by atoms with van der Waals surface area (Å²) in [5.74, 6) is 2.15. The number of piperidine rings is 1. The van der Waals surface area contributed by atoms with Gasteiger partial charge in [0.2, 0.25) is 5.75 Å². The molecule has 2 rings (SSSR count). The van der Waals surface area contributed by atoms with Crippen LogP contribution in [0, 0.1) is 0 Å². The number of hydrogen-bond donors (Lipinski definition) is 1. The van der Waals surface area contributed by atoms with Gasteiger partial charge in [-0.15, -0.1) is 12.4 Å². The first-order valence-electron chi connectivity index (χ1n) is 6.34. The lowest BCUT2D eigenvalue weighted by atomic mass is 9.96. The van der Waals surface area contributed by atoms with Crippen LogP contribution in [-0.2, 0) is 0 Å². The number of hydrogen-bond acceptors (Lipinski definition) is 4. The van der Waals surface area contributed by atoms with E-state index < -0.39 is 0 Å². The van der Waals surface area contributed by atoms with Gasteiger partial charge in [-0.05, 0) is 31.5 Å². The highest BCUT2D eigenvalue weighted by Crippen LogP contribution is 2.43. The van der Waals surface area contributed by atoms with Gasteiger partial charge in [0.25, 0.3) is 0 Å². The van der Waals surface area contributed by atoms with Crippen LogP contribution in [-0.4, -0.2) is 27.9 Å². The van der Waals surface area contributed by atoms with Gasteiger partial charge in [0, 0.05) is 11.6 Å². The van der Waals surface area contributed by atoms with Crippen molar-refractivity contribution in [2.24, 2.45) is 0 Å². The molecule has 1 aliphatic rings. The second-order valence-corrected chi connectivity index (χ2v) is 4.43. The molecule has 0 aromatic heterocycles. The first-order chi connectivity index (χ1) is 8.81. The Morgan fingerprint density at radius 1 is 1.00 bits per heavy atom. The van der Waals surface area contributed by atoms with E-state index in [1.54, 1.807) is 21.3 Å². The van der Waals surface area contributed by atoms with E-state index in [1.807, 2.05) is 6.07 Å². The van der Waals surface area contributed by atoms with E-state index in [2.05, 4.69) is 11.4 Å². The maximum atomic E-state index is 5.52. The lowest BCUT2D eigenvalue weighted by Gasteiger charge is -2.26. The molecule has 4 nitrogen and oxygen atoms in total. The molecule has 108 valence electrons. The van der Waals surface area contributed by atoms with Crippen LogP contribution >= 0.6 is 12.4 Å². The highest BCUT2D eigenvalue weighted by Gasteiger charge is 2.23. The van der Waals surface area contributed by atoms with E-state index in [1.165, 1.54) is 12.8 Å². The van der Waals surface area contributed by atoms with Gasteiger partial charge in [0.15, 0.2) is 11.5 Å². The zero-order chi connectivity index (χ0) is 13.0. The third-order valence-corrected chi connectivity index (χ3v) is 3.42. The minimum absolute atomic E-state index is 0. The molecular formula is C14H22ClNO3. The van der Waals surface area contributed by atoms with Crippen LogP contribution in [0.4, 0.5) is 0 Å². The van der Waals surface area contributed by atoms with Crippen LogP contribution in [0.15, 0.2) is 12.1 Å². The fourth-order valence-corrected chi connectivity index (χ4v) is 2.52. The Morgan fingerprint density at radius 2 is 1.74 bits per heavy atom. The Bertz CT molecular complexity index is 406. The molecule has 0 spiro atoms. The fraction of sp³-hybridized carbons (Fsp3) is 0.571. The van der Waals surface area contributed by atoms with E-state index >= 15 is 0 Å². The van der Waals surface area contributed by atoms with Gasteiger partial charge in [-0.25, -0.2) is 0 Å². The fourth-order valence-electron chi connectivity index (χ4n) is 2.52. The van der Waals surface area contributed by atoms with Gasteiger partial charge >= 0.3 is 0 Å². The van der Waals surface area contributed by atoms with Gasteiger partial charge < -0.3 is 19.5 Å². The molecule has 0 unspecified atom stereocenters. The van der Waals surface area contributed by atoms with Crippen molar-refractivity contribution < 1.29 is 14.2 Å². The minimum Gasteiger partial charge on any atom is -0.493 e. The molecule has 1 N–H and O–H groups in total. The van der Waals surface area contributed by atoms with Crippen molar-refractivity contribution in [3.8, 4) is 17.2 Å². The highest BCUT2D eigenvalue weighted by atomic mass is 35.5. The van der Waals surface area contributed by atoms with Crippen molar-refractivity contribution in [2.75, 3.05) is 27.9 Å². The molecule has 0 radical (unpaired) electrons. The zero-order valence-electron chi connectivity index (χ0n) is 11.7. The molecule has 1 heterocycles. The number of benzene rings is 1. The van der Waals surface area contributed by atoms with Crippen LogP contribution in [0.5, 0.6) is 17.2 Å². The number of ether oxygens (including phenoxy) is 3. The van der Waals surface area contributed by atoms with Gasteiger partial charge in [0.1, 0.15) is 0 Å². The molecule has 0 bridgehead atoms. The maximum Gasteiger partial charge on any atom is 0.203 e. The SMILES string of the molecule is COc1ccc([C@@H]2CCCCN2)c(OC)c1OC.Cl. The first kappa shape index (κ1) is 15.9. The molecule has 1 aromatic carbocycles. The standard InChI is InChI=1S/C14H21NO3.ClH/c1-16-12-8-7-10(11-6-4-5-9-15-11)13(17-2)14(12)18-3;/h7-8,11,15H,4-6,9H2,1-3H3;1H/t11-;/m0./s1. The lowest BCUT2D eigenvalue weighted by molar-refractivity contribution is 0.315. The molecule has 1 aliphatic heterocycles. The second-order valence-electron chi connectivity index (χ2n) is 4.43. The summed E-state index contributed by atoms with van der Waals surface area (Å²) in [5.41, 5.74) is 1.15. The number of nitrogens with one attached hydrogen (secondary N) is 1. The Hall–Kier alpha value is -1.13. The van der Waals surface area contributed by atoms with Crippen LogP contribution in [0.1, 0.15) is 30.9 Å². The Labute approximate surface area is 120 Å².